The molecule has 0 spiro atoms. The number of aliphatic hydroxyl groups is 3. The van der Waals surface area contributed by atoms with Crippen LogP contribution < -0.4 is 0 Å². The molecule has 0 aliphatic carbocycles. The molecule has 1 aliphatic rings. The maximum Gasteiger partial charge on any atom is 0.318 e. The summed E-state index contributed by atoms with van der Waals surface area (Å²) in [6.07, 6.45) is -4.06. The van der Waals surface area contributed by atoms with Gasteiger partial charge in [0.2, 0.25) is 0 Å². The van der Waals surface area contributed by atoms with Crippen LogP contribution in [0.4, 0.5) is 0 Å². The lowest BCUT2D eigenvalue weighted by atomic mass is 10.1. The minimum atomic E-state index is -1.43. The summed E-state index contributed by atoms with van der Waals surface area (Å²) >= 11 is 0. The van der Waals surface area contributed by atoms with Gasteiger partial charge in [-0.3, -0.25) is 4.79 Å². The molecule has 14 heavy (non-hydrogen) atoms. The Morgan fingerprint density at radius 1 is 1.71 bits per heavy atom. The van der Waals surface area contributed by atoms with Gasteiger partial charge in [-0.1, -0.05) is 5.11 Å². The second kappa shape index (κ2) is 4.25. The number of esters is 1. The number of hydrogen-bond donors (Lipinski definition) is 3. The molecule has 8 heteroatoms. The van der Waals surface area contributed by atoms with Crippen molar-refractivity contribution in [2.75, 3.05) is 6.61 Å². The molecule has 0 aromatic rings. The monoisotopic (exact) mass is 203 g/mol. The Labute approximate surface area is 78.3 Å². The highest BCUT2D eigenvalue weighted by Crippen LogP contribution is 2.21. The van der Waals surface area contributed by atoms with Crippen molar-refractivity contribution >= 4 is 5.97 Å². The molecular formula is C6H9N3O5. The van der Waals surface area contributed by atoms with E-state index in [0.29, 0.717) is 0 Å². The highest BCUT2D eigenvalue weighted by atomic mass is 16.6. The van der Waals surface area contributed by atoms with Crippen molar-refractivity contribution < 1.29 is 24.9 Å². The van der Waals surface area contributed by atoms with Gasteiger partial charge >= 0.3 is 5.97 Å². The van der Waals surface area contributed by atoms with E-state index >= 15 is 0 Å². The average Bonchev–Trinajstić information content (AvgIpc) is 2.45. The zero-order valence-corrected chi connectivity index (χ0v) is 7.02. The first-order chi connectivity index (χ1) is 6.61. The van der Waals surface area contributed by atoms with E-state index in [2.05, 4.69) is 14.8 Å². The van der Waals surface area contributed by atoms with Crippen LogP contribution in [0.3, 0.4) is 0 Å². The Bertz CT molecular complexity index is 277. The standard InChI is InChI=1S/C6H9N3O5/c7-9-8-3-4(12)5(2(11)1-10)14-6(3)13/h2-5,10-12H,1H2/t2-,3+,4-,5-/m1/s1. The molecule has 0 saturated carbocycles. The molecule has 1 heterocycles. The second-order valence-corrected chi connectivity index (χ2v) is 2.79. The Morgan fingerprint density at radius 3 is 2.86 bits per heavy atom. The van der Waals surface area contributed by atoms with Gasteiger partial charge in [0, 0.05) is 4.91 Å². The van der Waals surface area contributed by atoms with Crippen molar-refractivity contribution in [3.8, 4) is 0 Å². The first-order valence-electron chi connectivity index (χ1n) is 3.83. The van der Waals surface area contributed by atoms with E-state index in [-0.39, 0.29) is 0 Å². The third-order valence-electron chi connectivity index (χ3n) is 1.90. The van der Waals surface area contributed by atoms with Crippen LogP contribution in [0.2, 0.25) is 0 Å². The van der Waals surface area contributed by atoms with Crippen LogP contribution in [0.1, 0.15) is 0 Å². The number of ether oxygens (including phenoxy) is 1. The van der Waals surface area contributed by atoms with Gasteiger partial charge in [0.25, 0.3) is 0 Å². The summed E-state index contributed by atoms with van der Waals surface area (Å²) in [5.74, 6) is -0.909. The van der Waals surface area contributed by atoms with Crippen molar-refractivity contribution in [1.82, 2.24) is 0 Å². The van der Waals surface area contributed by atoms with Crippen LogP contribution in [0.5, 0.6) is 0 Å². The van der Waals surface area contributed by atoms with E-state index in [1.165, 1.54) is 0 Å². The number of carbonyl (C=O) groups excluding carboxylic acids is 1. The Morgan fingerprint density at radius 2 is 2.36 bits per heavy atom. The summed E-state index contributed by atoms with van der Waals surface area (Å²) in [4.78, 5) is 13.3. The van der Waals surface area contributed by atoms with Gasteiger partial charge in [0.1, 0.15) is 12.2 Å². The van der Waals surface area contributed by atoms with Gasteiger partial charge < -0.3 is 20.1 Å². The van der Waals surface area contributed by atoms with Gasteiger partial charge in [-0.05, 0) is 5.53 Å². The maximum atomic E-state index is 11.0. The number of hydrogen-bond acceptors (Lipinski definition) is 6. The fourth-order valence-electron chi connectivity index (χ4n) is 1.17. The number of aliphatic hydroxyl groups excluding tert-OH is 3. The van der Waals surface area contributed by atoms with E-state index in [0.717, 1.165) is 0 Å². The van der Waals surface area contributed by atoms with Crippen molar-refractivity contribution in [3.05, 3.63) is 10.4 Å². The van der Waals surface area contributed by atoms with Crippen molar-refractivity contribution in [2.24, 2.45) is 5.11 Å². The van der Waals surface area contributed by atoms with E-state index in [9.17, 15) is 9.90 Å². The number of rotatable bonds is 3. The first-order valence-corrected chi connectivity index (χ1v) is 3.83. The van der Waals surface area contributed by atoms with Crippen LogP contribution in [0, 0.1) is 0 Å². The van der Waals surface area contributed by atoms with Crippen LogP contribution in [0.15, 0.2) is 5.11 Å². The molecule has 0 radical (unpaired) electrons. The molecular weight excluding hydrogens is 194 g/mol. The smallest absolute Gasteiger partial charge is 0.318 e. The second-order valence-electron chi connectivity index (χ2n) is 2.79. The zero-order chi connectivity index (χ0) is 10.7. The topological polar surface area (TPSA) is 136 Å². The van der Waals surface area contributed by atoms with Crippen molar-refractivity contribution in [2.45, 2.75) is 24.4 Å². The molecule has 1 rings (SSSR count). The molecule has 1 fully saturated rings. The van der Waals surface area contributed by atoms with Crippen LogP contribution in [0.25, 0.3) is 10.4 Å². The molecule has 8 nitrogen and oxygen atoms in total. The summed E-state index contributed by atoms with van der Waals surface area (Å²) in [7, 11) is 0. The average molecular weight is 203 g/mol. The minimum Gasteiger partial charge on any atom is -0.456 e. The Balaban J connectivity index is 2.78. The van der Waals surface area contributed by atoms with E-state index < -0.39 is 36.9 Å². The highest BCUT2D eigenvalue weighted by Gasteiger charge is 2.46. The van der Waals surface area contributed by atoms with E-state index in [1.807, 2.05) is 0 Å². The molecule has 0 aromatic heterocycles. The van der Waals surface area contributed by atoms with Gasteiger partial charge in [-0.2, -0.15) is 0 Å². The van der Waals surface area contributed by atoms with Crippen molar-refractivity contribution in [3.63, 3.8) is 0 Å². The lowest BCUT2D eigenvalue weighted by Gasteiger charge is -2.17. The predicted molar refractivity (Wildman–Crippen MR) is 41.9 cm³/mol. The van der Waals surface area contributed by atoms with Gasteiger partial charge in [0.05, 0.1) is 6.61 Å². The predicted octanol–water partition coefficient (Wildman–Crippen LogP) is -1.70. The first kappa shape index (κ1) is 10.7. The van der Waals surface area contributed by atoms with Gasteiger partial charge in [-0.15, -0.1) is 0 Å². The van der Waals surface area contributed by atoms with E-state index in [4.69, 9.17) is 15.7 Å². The fourth-order valence-corrected chi connectivity index (χ4v) is 1.17. The molecule has 1 saturated heterocycles. The molecule has 0 unspecified atom stereocenters. The maximum absolute atomic E-state index is 11.0. The van der Waals surface area contributed by atoms with Gasteiger partial charge in [-0.25, -0.2) is 0 Å². The molecule has 78 valence electrons. The lowest BCUT2D eigenvalue weighted by Crippen LogP contribution is -2.39. The summed E-state index contributed by atoms with van der Waals surface area (Å²) in [5.41, 5.74) is 8.07. The fraction of sp³-hybridized carbons (Fsp3) is 0.833. The quantitative estimate of drug-likeness (QED) is 0.217. The molecule has 0 amide bonds. The Hall–Kier alpha value is -1.34. The van der Waals surface area contributed by atoms with Crippen LogP contribution in [-0.2, 0) is 9.53 Å². The summed E-state index contributed by atoms with van der Waals surface area (Å²) in [6.45, 7) is -0.655. The Kier molecular flexibility index (Phi) is 3.26. The van der Waals surface area contributed by atoms with E-state index in [1.54, 1.807) is 0 Å². The third kappa shape index (κ3) is 1.78. The molecule has 0 bridgehead atoms. The summed E-state index contributed by atoms with van der Waals surface area (Å²) in [5, 5.41) is 30.1. The number of cyclic esters (lactones) is 1. The lowest BCUT2D eigenvalue weighted by molar-refractivity contribution is -0.148. The van der Waals surface area contributed by atoms with Crippen molar-refractivity contribution in [1.29, 1.82) is 0 Å². The third-order valence-corrected chi connectivity index (χ3v) is 1.90. The highest BCUT2D eigenvalue weighted by molar-refractivity contribution is 5.79. The largest absolute Gasteiger partial charge is 0.456 e. The number of azide groups is 1. The normalized spacial score (nSPS) is 33.4. The van der Waals surface area contributed by atoms with Gasteiger partial charge in [0.15, 0.2) is 12.1 Å². The van der Waals surface area contributed by atoms with Crippen LogP contribution in [-0.4, -0.2) is 52.2 Å². The summed E-state index contributed by atoms with van der Waals surface area (Å²) < 4.78 is 4.53. The molecule has 0 aromatic carbocycles. The SMILES string of the molecule is [N-]=[N+]=N[C@@H]1C(=O)O[C@H]([C@H](O)CO)[C@@H]1O. The summed E-state index contributed by atoms with van der Waals surface area (Å²) in [6, 6.07) is -1.36. The minimum absolute atomic E-state index is 0.655. The number of carbonyl (C=O) groups is 1. The molecule has 1 aliphatic heterocycles. The number of nitrogens with zero attached hydrogens (tertiary/aromatic N) is 3. The van der Waals surface area contributed by atoms with Crippen LogP contribution >= 0.6 is 0 Å². The molecule has 4 atom stereocenters. The molecule has 3 N–H and O–H groups in total. The zero-order valence-electron chi connectivity index (χ0n) is 7.02.